The molecule has 1 amide bonds. The summed E-state index contributed by atoms with van der Waals surface area (Å²) in [4.78, 5) is 15.8. The van der Waals surface area contributed by atoms with Gasteiger partial charge in [0, 0.05) is 18.3 Å². The van der Waals surface area contributed by atoms with E-state index >= 15 is 0 Å². The summed E-state index contributed by atoms with van der Waals surface area (Å²) in [5.74, 6) is -0.885. The molecule has 0 atom stereocenters. The molecule has 0 bridgehead atoms. The van der Waals surface area contributed by atoms with Crippen LogP contribution in [0.3, 0.4) is 0 Å². The van der Waals surface area contributed by atoms with E-state index in [4.69, 9.17) is 4.74 Å². The van der Waals surface area contributed by atoms with Gasteiger partial charge in [0.15, 0.2) is 0 Å². The first-order chi connectivity index (χ1) is 12.8. The van der Waals surface area contributed by atoms with Gasteiger partial charge >= 0.3 is 6.18 Å². The highest BCUT2D eigenvalue weighted by molar-refractivity contribution is 5.94. The van der Waals surface area contributed by atoms with Gasteiger partial charge in [0.05, 0.1) is 11.1 Å². The van der Waals surface area contributed by atoms with Crippen molar-refractivity contribution in [2.75, 3.05) is 0 Å². The average molecular weight is 382 g/mol. The van der Waals surface area contributed by atoms with E-state index in [1.807, 2.05) is 0 Å². The Morgan fingerprint density at radius 2 is 1.78 bits per heavy atom. The van der Waals surface area contributed by atoms with Crippen LogP contribution in [0.15, 0.2) is 42.6 Å². The number of pyridine rings is 1. The largest absolute Gasteiger partial charge is 0.474 e. The number of rotatable bonds is 4. The van der Waals surface area contributed by atoms with Crippen molar-refractivity contribution in [1.29, 1.82) is 0 Å². The van der Waals surface area contributed by atoms with Gasteiger partial charge in [-0.05, 0) is 43.9 Å². The van der Waals surface area contributed by atoms with E-state index in [0.29, 0.717) is 25.7 Å². The fraction of sp³-hybridized carbons (Fsp3) is 0.368. The summed E-state index contributed by atoms with van der Waals surface area (Å²) in [6, 6.07) is 7.81. The van der Waals surface area contributed by atoms with E-state index in [1.165, 1.54) is 24.3 Å². The van der Waals surface area contributed by atoms with Crippen molar-refractivity contribution in [3.63, 3.8) is 0 Å². The van der Waals surface area contributed by atoms with E-state index in [9.17, 15) is 22.4 Å². The number of benzene rings is 1. The van der Waals surface area contributed by atoms with Gasteiger partial charge < -0.3 is 10.1 Å². The minimum Gasteiger partial charge on any atom is -0.474 e. The quantitative estimate of drug-likeness (QED) is 0.800. The monoisotopic (exact) mass is 382 g/mol. The van der Waals surface area contributed by atoms with Crippen molar-refractivity contribution in [3.8, 4) is 5.88 Å². The van der Waals surface area contributed by atoms with Crippen molar-refractivity contribution in [2.24, 2.45) is 0 Å². The van der Waals surface area contributed by atoms with Gasteiger partial charge in [-0.1, -0.05) is 12.1 Å². The highest BCUT2D eigenvalue weighted by Crippen LogP contribution is 2.30. The lowest BCUT2D eigenvalue weighted by molar-refractivity contribution is -0.137. The van der Waals surface area contributed by atoms with E-state index in [0.717, 1.165) is 12.3 Å². The molecule has 3 rings (SSSR count). The normalized spacial score (nSPS) is 20.1. The number of amides is 1. The smallest absolute Gasteiger partial charge is 0.417 e. The summed E-state index contributed by atoms with van der Waals surface area (Å²) >= 11 is 0. The first-order valence-corrected chi connectivity index (χ1v) is 8.58. The van der Waals surface area contributed by atoms with Crippen molar-refractivity contribution < 1.29 is 27.1 Å². The van der Waals surface area contributed by atoms with Crippen LogP contribution in [-0.2, 0) is 6.18 Å². The van der Waals surface area contributed by atoms with Crippen molar-refractivity contribution in [1.82, 2.24) is 10.3 Å². The highest BCUT2D eigenvalue weighted by Gasteiger charge is 2.31. The maximum absolute atomic E-state index is 13.6. The van der Waals surface area contributed by atoms with Crippen LogP contribution in [-0.4, -0.2) is 23.0 Å². The van der Waals surface area contributed by atoms with Crippen molar-refractivity contribution >= 4 is 5.91 Å². The van der Waals surface area contributed by atoms with Crippen LogP contribution in [0.25, 0.3) is 0 Å². The van der Waals surface area contributed by atoms with Gasteiger partial charge in [0.1, 0.15) is 11.9 Å². The molecule has 1 fully saturated rings. The summed E-state index contributed by atoms with van der Waals surface area (Å²) in [5, 5.41) is 2.81. The molecule has 1 N–H and O–H groups in total. The number of nitrogens with zero attached hydrogens (tertiary/aromatic N) is 1. The Morgan fingerprint density at radius 3 is 2.37 bits per heavy atom. The molecule has 0 radical (unpaired) electrons. The zero-order valence-corrected chi connectivity index (χ0v) is 14.3. The van der Waals surface area contributed by atoms with Crippen LogP contribution in [0.2, 0.25) is 0 Å². The molecule has 1 heterocycles. The molecule has 0 unspecified atom stereocenters. The van der Waals surface area contributed by atoms with Crippen LogP contribution in [0, 0.1) is 5.82 Å². The Kier molecular flexibility index (Phi) is 5.62. The van der Waals surface area contributed by atoms with Crippen LogP contribution in [0.1, 0.15) is 41.6 Å². The maximum atomic E-state index is 13.6. The lowest BCUT2D eigenvalue weighted by Gasteiger charge is -2.29. The summed E-state index contributed by atoms with van der Waals surface area (Å²) in [7, 11) is 0. The van der Waals surface area contributed by atoms with Gasteiger partial charge in [-0.2, -0.15) is 13.2 Å². The number of aromatic nitrogens is 1. The Balaban J connectivity index is 1.49. The third-order valence-corrected chi connectivity index (χ3v) is 4.48. The second-order valence-electron chi connectivity index (χ2n) is 6.43. The molecule has 1 saturated carbocycles. The van der Waals surface area contributed by atoms with Crippen LogP contribution < -0.4 is 10.1 Å². The first-order valence-electron chi connectivity index (χ1n) is 8.58. The van der Waals surface area contributed by atoms with E-state index in [1.54, 1.807) is 6.07 Å². The Morgan fingerprint density at radius 1 is 1.07 bits per heavy atom. The van der Waals surface area contributed by atoms with E-state index < -0.39 is 23.5 Å². The molecule has 2 aromatic rings. The fourth-order valence-electron chi connectivity index (χ4n) is 3.02. The van der Waals surface area contributed by atoms with Crippen LogP contribution in [0.5, 0.6) is 5.88 Å². The molecular formula is C19H18F4N2O2. The number of alkyl halides is 3. The van der Waals surface area contributed by atoms with Gasteiger partial charge in [0.2, 0.25) is 5.88 Å². The number of carbonyl (C=O) groups is 1. The molecule has 0 spiro atoms. The SMILES string of the molecule is O=C(NC1CCC(Oc2ccc(C(F)(F)F)cn2)CC1)c1ccccc1F. The Hall–Kier alpha value is -2.64. The zero-order chi connectivity index (χ0) is 19.4. The first kappa shape index (κ1) is 19.1. The third kappa shape index (κ3) is 4.96. The third-order valence-electron chi connectivity index (χ3n) is 4.48. The molecule has 144 valence electrons. The predicted molar refractivity (Wildman–Crippen MR) is 89.8 cm³/mol. The number of carbonyl (C=O) groups excluding carboxylic acids is 1. The Bertz CT molecular complexity index is 785. The Labute approximate surface area is 153 Å². The highest BCUT2D eigenvalue weighted by atomic mass is 19.4. The molecule has 1 aliphatic carbocycles. The predicted octanol–water partition coefficient (Wildman–Crippen LogP) is 4.36. The molecule has 0 saturated heterocycles. The van der Waals surface area contributed by atoms with Crippen molar-refractivity contribution in [3.05, 3.63) is 59.5 Å². The van der Waals surface area contributed by atoms with Crippen molar-refractivity contribution in [2.45, 2.75) is 44.0 Å². The lowest BCUT2D eigenvalue weighted by atomic mass is 9.92. The summed E-state index contributed by atoms with van der Waals surface area (Å²) in [5.41, 5.74) is -0.820. The zero-order valence-electron chi connectivity index (χ0n) is 14.3. The number of nitrogens with one attached hydrogen (secondary N) is 1. The fourth-order valence-corrected chi connectivity index (χ4v) is 3.02. The second-order valence-corrected chi connectivity index (χ2v) is 6.43. The number of ether oxygens (including phenoxy) is 1. The molecule has 1 aromatic carbocycles. The summed E-state index contributed by atoms with van der Waals surface area (Å²) in [6.45, 7) is 0. The summed E-state index contributed by atoms with van der Waals surface area (Å²) in [6.07, 6.45) is -1.38. The lowest BCUT2D eigenvalue weighted by Crippen LogP contribution is -2.40. The molecular weight excluding hydrogens is 364 g/mol. The molecule has 4 nitrogen and oxygen atoms in total. The molecule has 27 heavy (non-hydrogen) atoms. The number of halogens is 4. The number of hydrogen-bond acceptors (Lipinski definition) is 3. The maximum Gasteiger partial charge on any atom is 0.417 e. The minimum atomic E-state index is -4.43. The molecule has 1 aliphatic rings. The van der Waals surface area contributed by atoms with E-state index in [-0.39, 0.29) is 23.6 Å². The van der Waals surface area contributed by atoms with Gasteiger partial charge in [0.25, 0.3) is 5.91 Å². The standard InChI is InChI=1S/C19H18F4N2O2/c20-16-4-2-1-3-15(16)18(26)25-13-6-8-14(9-7-13)27-17-10-5-12(11-24-17)19(21,22)23/h1-5,10-11,13-14H,6-9H2,(H,25,26). The van der Waals surface area contributed by atoms with Gasteiger partial charge in [-0.15, -0.1) is 0 Å². The second kappa shape index (κ2) is 7.94. The van der Waals surface area contributed by atoms with Crippen LogP contribution >= 0.6 is 0 Å². The molecule has 1 aromatic heterocycles. The van der Waals surface area contributed by atoms with E-state index in [2.05, 4.69) is 10.3 Å². The van der Waals surface area contributed by atoms with Gasteiger partial charge in [-0.25, -0.2) is 9.37 Å². The van der Waals surface area contributed by atoms with Gasteiger partial charge in [-0.3, -0.25) is 4.79 Å². The minimum absolute atomic E-state index is 0.00447. The van der Waals surface area contributed by atoms with Crippen LogP contribution in [0.4, 0.5) is 17.6 Å². The topological polar surface area (TPSA) is 51.2 Å². The molecule has 0 aliphatic heterocycles. The average Bonchev–Trinajstić information content (AvgIpc) is 2.63. The molecule has 8 heteroatoms. The number of hydrogen-bond donors (Lipinski definition) is 1. The summed E-state index contributed by atoms with van der Waals surface area (Å²) < 4.78 is 56.9.